The highest BCUT2D eigenvalue weighted by Gasteiger charge is 2.21. The van der Waals surface area contributed by atoms with Crippen molar-refractivity contribution in [1.29, 1.82) is 0 Å². The molecule has 0 spiro atoms. The van der Waals surface area contributed by atoms with Crippen molar-refractivity contribution in [1.82, 2.24) is 5.32 Å². The number of aryl methyl sites for hydroxylation is 1. The summed E-state index contributed by atoms with van der Waals surface area (Å²) in [6.07, 6.45) is -0.655. The highest BCUT2D eigenvalue weighted by molar-refractivity contribution is 8.15. The molecule has 1 amide bonds. The minimum atomic E-state index is -4.04. The molecule has 1 aliphatic heterocycles. The van der Waals surface area contributed by atoms with Crippen LogP contribution in [0.25, 0.3) is 0 Å². The number of alkyl carbamates (subject to hydrolysis) is 1. The molecule has 1 heterocycles. The molecular formula is C16H14ClN3O5S2. The molecule has 0 aromatic heterocycles. The average Bonchev–Trinajstić information content (AvgIpc) is 2.64. The van der Waals surface area contributed by atoms with E-state index in [1.54, 1.807) is 19.1 Å². The zero-order valence-electron chi connectivity index (χ0n) is 14.1. The summed E-state index contributed by atoms with van der Waals surface area (Å²) in [6.45, 7) is 1.75. The monoisotopic (exact) mass is 427 g/mol. The van der Waals surface area contributed by atoms with Gasteiger partial charge < -0.3 is 13.6 Å². The Balaban J connectivity index is 1.84. The number of amidine groups is 1. The molecule has 3 rings (SSSR count). The van der Waals surface area contributed by atoms with E-state index in [4.69, 9.17) is 15.8 Å². The van der Waals surface area contributed by atoms with Crippen LogP contribution >= 0.6 is 23.5 Å². The number of fused-ring (bicyclic) bond motifs is 1. The van der Waals surface area contributed by atoms with Crippen LogP contribution in [0.1, 0.15) is 5.56 Å². The van der Waals surface area contributed by atoms with Gasteiger partial charge in [-0.05, 0) is 48.9 Å². The summed E-state index contributed by atoms with van der Waals surface area (Å²) in [5.74, 6) is 0.166. The van der Waals surface area contributed by atoms with Crippen molar-refractivity contribution >= 4 is 56.3 Å². The number of methoxy groups -OCH3 is 1. The number of hydrogen-bond acceptors (Lipinski definition) is 8. The van der Waals surface area contributed by atoms with Crippen LogP contribution in [0.3, 0.4) is 0 Å². The van der Waals surface area contributed by atoms with Gasteiger partial charge in [0, 0.05) is 17.0 Å². The molecule has 0 saturated carbocycles. The molecule has 0 saturated heterocycles. The second kappa shape index (κ2) is 7.67. The fourth-order valence-corrected chi connectivity index (χ4v) is 3.84. The molecule has 2 N–H and O–H groups in total. The lowest BCUT2D eigenvalue weighted by Gasteiger charge is -2.17. The van der Waals surface area contributed by atoms with E-state index in [-0.39, 0.29) is 15.8 Å². The molecule has 0 fully saturated rings. The van der Waals surface area contributed by atoms with Gasteiger partial charge in [-0.1, -0.05) is 11.6 Å². The Hall–Kier alpha value is -2.43. The largest absolute Gasteiger partial charge is 0.453 e. The smallest absolute Gasteiger partial charge is 0.412 e. The Labute approximate surface area is 165 Å². The Morgan fingerprint density at radius 2 is 2.04 bits per heavy atom. The maximum absolute atomic E-state index is 12.5. The Bertz CT molecular complexity index is 1040. The minimum absolute atomic E-state index is 0.0402. The van der Waals surface area contributed by atoms with E-state index in [0.29, 0.717) is 22.0 Å². The van der Waals surface area contributed by atoms with Crippen LogP contribution in [-0.4, -0.2) is 26.8 Å². The number of carbonyl (C=O) groups is 1. The lowest BCUT2D eigenvalue weighted by atomic mass is 10.2. The third kappa shape index (κ3) is 4.46. The first-order chi connectivity index (χ1) is 12.8. The highest BCUT2D eigenvalue weighted by Crippen LogP contribution is 2.35. The summed E-state index contributed by atoms with van der Waals surface area (Å²) >= 11 is 6.95. The van der Waals surface area contributed by atoms with E-state index in [1.807, 2.05) is 0 Å². The van der Waals surface area contributed by atoms with Gasteiger partial charge in [0.2, 0.25) is 0 Å². The highest BCUT2D eigenvalue weighted by atomic mass is 35.5. The van der Waals surface area contributed by atoms with Gasteiger partial charge in [-0.3, -0.25) is 5.32 Å². The van der Waals surface area contributed by atoms with Gasteiger partial charge in [0.1, 0.15) is 10.6 Å². The summed E-state index contributed by atoms with van der Waals surface area (Å²) in [5.41, 5.74) is 1.63. The summed E-state index contributed by atoms with van der Waals surface area (Å²) in [4.78, 5) is 15.4. The van der Waals surface area contributed by atoms with Crippen LogP contribution in [0.15, 0.2) is 46.3 Å². The maximum atomic E-state index is 12.5. The fourth-order valence-electron chi connectivity index (χ4n) is 2.12. The number of nitrogens with zero attached hydrogens (tertiary/aromatic N) is 1. The van der Waals surface area contributed by atoms with Gasteiger partial charge in [0.05, 0.1) is 18.5 Å². The molecule has 11 heteroatoms. The summed E-state index contributed by atoms with van der Waals surface area (Å²) in [7, 11) is -2.80. The Morgan fingerprint density at radius 1 is 1.26 bits per heavy atom. The van der Waals surface area contributed by atoms with E-state index in [0.717, 1.165) is 11.9 Å². The summed E-state index contributed by atoms with van der Waals surface area (Å²) < 4.78 is 37.7. The van der Waals surface area contributed by atoms with Gasteiger partial charge in [-0.2, -0.15) is 8.42 Å². The molecule has 0 unspecified atom stereocenters. The number of ether oxygens (including phenoxy) is 1. The molecule has 0 atom stereocenters. The number of hydrogen-bond donors (Lipinski definition) is 2. The van der Waals surface area contributed by atoms with Crippen molar-refractivity contribution in [3.05, 3.63) is 47.0 Å². The fraction of sp³-hybridized carbons (Fsp3) is 0.125. The molecule has 0 aliphatic carbocycles. The molecule has 27 heavy (non-hydrogen) atoms. The molecule has 8 nitrogen and oxygen atoms in total. The predicted molar refractivity (Wildman–Crippen MR) is 104 cm³/mol. The van der Waals surface area contributed by atoms with Gasteiger partial charge in [0.25, 0.3) is 0 Å². The first kappa shape index (κ1) is 19.3. The van der Waals surface area contributed by atoms with Crippen molar-refractivity contribution in [3.63, 3.8) is 0 Å². The van der Waals surface area contributed by atoms with Crippen LogP contribution in [-0.2, 0) is 14.9 Å². The maximum Gasteiger partial charge on any atom is 0.412 e. The second-order valence-electron chi connectivity index (χ2n) is 5.37. The molecule has 2 aromatic rings. The molecule has 0 radical (unpaired) electrons. The van der Waals surface area contributed by atoms with Crippen LogP contribution < -0.4 is 14.2 Å². The zero-order valence-corrected chi connectivity index (χ0v) is 16.5. The molecule has 1 aliphatic rings. The third-order valence-electron chi connectivity index (χ3n) is 3.47. The second-order valence-corrected chi connectivity index (χ2v) is 8.11. The van der Waals surface area contributed by atoms with Gasteiger partial charge in [0.15, 0.2) is 5.17 Å². The van der Waals surface area contributed by atoms with Crippen molar-refractivity contribution in [2.24, 2.45) is 4.99 Å². The quantitative estimate of drug-likeness (QED) is 0.566. The normalized spacial score (nSPS) is 13.1. The Kier molecular flexibility index (Phi) is 5.49. The summed E-state index contributed by atoms with van der Waals surface area (Å²) in [6, 6.07) is 8.87. The van der Waals surface area contributed by atoms with Crippen molar-refractivity contribution in [2.45, 2.75) is 11.8 Å². The number of carbonyl (C=O) groups excluding carboxylic acids is 1. The van der Waals surface area contributed by atoms with Crippen molar-refractivity contribution in [3.8, 4) is 5.75 Å². The van der Waals surface area contributed by atoms with E-state index in [2.05, 4.69) is 19.8 Å². The van der Waals surface area contributed by atoms with Crippen LogP contribution in [0, 0.1) is 6.92 Å². The number of rotatable bonds is 3. The van der Waals surface area contributed by atoms with Crippen LogP contribution in [0.5, 0.6) is 5.75 Å². The van der Waals surface area contributed by atoms with E-state index < -0.39 is 16.2 Å². The van der Waals surface area contributed by atoms with E-state index >= 15 is 0 Å². The lowest BCUT2D eigenvalue weighted by Crippen LogP contribution is -2.29. The first-order valence-corrected chi connectivity index (χ1v) is 10.1. The van der Waals surface area contributed by atoms with Crippen molar-refractivity contribution < 1.29 is 22.1 Å². The van der Waals surface area contributed by atoms with Crippen LogP contribution in [0.4, 0.5) is 16.2 Å². The topological polar surface area (TPSA) is 106 Å². The molecule has 0 bridgehead atoms. The zero-order chi connectivity index (χ0) is 19.6. The van der Waals surface area contributed by atoms with Gasteiger partial charge in [-0.25, -0.2) is 9.79 Å². The molecular weight excluding hydrogens is 414 g/mol. The number of aliphatic imine (C=N–C) groups is 1. The van der Waals surface area contributed by atoms with E-state index in [1.165, 1.54) is 31.4 Å². The van der Waals surface area contributed by atoms with Crippen LogP contribution in [0.2, 0.25) is 5.02 Å². The lowest BCUT2D eigenvalue weighted by molar-refractivity contribution is 0.177. The van der Waals surface area contributed by atoms with E-state index in [9.17, 15) is 13.2 Å². The van der Waals surface area contributed by atoms with Gasteiger partial charge >= 0.3 is 16.2 Å². The minimum Gasteiger partial charge on any atom is -0.453 e. The third-order valence-corrected chi connectivity index (χ3v) is 5.84. The number of nitrogens with one attached hydrogen (secondary N) is 2. The molecule has 142 valence electrons. The Morgan fingerprint density at radius 3 is 2.74 bits per heavy atom. The number of benzene rings is 2. The number of amides is 1. The van der Waals surface area contributed by atoms with Gasteiger partial charge in [-0.15, -0.1) is 0 Å². The standard InChI is InChI=1S/C16H14ClN3O5S2/c1-9-7-10(3-5-12(9)17)25-27(22,23)11-4-6-13-14(8-11)20-26-15(18-13)19-16(21)24-2/h3-8,20H,1-2H3,(H,18,19,21). The number of halogens is 1. The summed E-state index contributed by atoms with van der Waals surface area (Å²) in [5, 5.41) is 3.23. The molecule has 2 aromatic carbocycles. The SMILES string of the molecule is COC(=O)NC1=Nc2ccc(S(=O)(=O)Oc3ccc(Cl)c(C)c3)cc2NS1. The number of anilines is 1. The van der Waals surface area contributed by atoms with Crippen molar-refractivity contribution in [2.75, 3.05) is 11.8 Å². The predicted octanol–water partition coefficient (Wildman–Crippen LogP) is 3.83. The first-order valence-electron chi connectivity index (χ1n) is 7.50. The average molecular weight is 428 g/mol.